The summed E-state index contributed by atoms with van der Waals surface area (Å²) < 4.78 is 17.7. The van der Waals surface area contributed by atoms with Gasteiger partial charge in [0.15, 0.2) is 11.5 Å². The van der Waals surface area contributed by atoms with Gasteiger partial charge in [0.1, 0.15) is 11.2 Å². The van der Waals surface area contributed by atoms with Crippen molar-refractivity contribution in [3.8, 4) is 22.8 Å². The largest absolute Gasteiger partial charge is 0.454 e. The van der Waals surface area contributed by atoms with Crippen molar-refractivity contribution in [1.29, 1.82) is 0 Å². The van der Waals surface area contributed by atoms with Crippen molar-refractivity contribution in [2.24, 2.45) is 0 Å². The van der Waals surface area contributed by atoms with Gasteiger partial charge in [0.2, 0.25) is 12.7 Å². The molecule has 0 spiro atoms. The van der Waals surface area contributed by atoms with Crippen LogP contribution in [-0.4, -0.2) is 54.2 Å². The molecular weight excluding hydrogens is 436 g/mol. The van der Waals surface area contributed by atoms with Gasteiger partial charge in [-0.15, -0.1) is 0 Å². The second kappa shape index (κ2) is 8.83. The summed E-state index contributed by atoms with van der Waals surface area (Å²) in [5, 5.41) is 7.63. The van der Waals surface area contributed by atoms with Crippen LogP contribution in [0.25, 0.3) is 11.3 Å². The molecule has 176 valence electrons. The number of benzene rings is 2. The molecule has 0 aliphatic carbocycles. The van der Waals surface area contributed by atoms with Crippen LogP contribution in [-0.2, 0) is 16.1 Å². The van der Waals surface area contributed by atoms with Gasteiger partial charge in [0, 0.05) is 37.6 Å². The Balaban J connectivity index is 1.55. The number of hydrogen-bond acceptors (Lipinski definition) is 6. The van der Waals surface area contributed by atoms with Gasteiger partial charge in [0.05, 0.1) is 12.2 Å². The fourth-order valence-corrected chi connectivity index (χ4v) is 4.37. The monoisotopic (exact) mass is 462 g/mol. The Morgan fingerprint density at radius 2 is 1.94 bits per heavy atom. The summed E-state index contributed by atoms with van der Waals surface area (Å²) in [5.74, 6) is 0.568. The molecule has 0 unspecified atom stereocenters. The van der Waals surface area contributed by atoms with Crippen LogP contribution < -0.4 is 19.7 Å². The Kier molecular flexibility index (Phi) is 5.70. The quantitative estimate of drug-likeness (QED) is 0.543. The lowest BCUT2D eigenvalue weighted by molar-refractivity contribution is -0.126. The number of nitrogens with zero attached hydrogens (tertiary/aromatic N) is 3. The highest BCUT2D eigenvalue weighted by Gasteiger charge is 2.49. The van der Waals surface area contributed by atoms with Crippen LogP contribution in [0.15, 0.2) is 54.6 Å². The van der Waals surface area contributed by atoms with Crippen molar-refractivity contribution in [2.75, 3.05) is 32.0 Å². The Morgan fingerprint density at radius 3 is 2.74 bits per heavy atom. The molecule has 2 aliphatic heterocycles. The van der Waals surface area contributed by atoms with Gasteiger partial charge in [-0.1, -0.05) is 30.3 Å². The molecule has 1 atom stereocenters. The number of carbonyl (C=O) groups excluding carboxylic acids is 2. The topological polar surface area (TPSA) is 94.9 Å². The second-order valence-corrected chi connectivity index (χ2v) is 8.49. The molecule has 3 aromatic rings. The van der Waals surface area contributed by atoms with Crippen LogP contribution in [0.5, 0.6) is 11.5 Å². The van der Waals surface area contributed by atoms with E-state index in [0.29, 0.717) is 48.1 Å². The molecule has 0 bridgehead atoms. The number of amides is 2. The summed E-state index contributed by atoms with van der Waals surface area (Å²) in [6.45, 7) is 3.05. The zero-order chi connectivity index (χ0) is 23.7. The van der Waals surface area contributed by atoms with Crippen molar-refractivity contribution in [1.82, 2.24) is 15.1 Å². The smallest absolute Gasteiger partial charge is 0.277 e. The number of hydrogen-bond donors (Lipinski definition) is 1. The van der Waals surface area contributed by atoms with E-state index in [-0.39, 0.29) is 25.2 Å². The van der Waals surface area contributed by atoms with Crippen molar-refractivity contribution in [3.05, 3.63) is 60.3 Å². The molecule has 0 fully saturated rings. The molecule has 1 aromatic heterocycles. The van der Waals surface area contributed by atoms with Crippen LogP contribution >= 0.6 is 0 Å². The summed E-state index contributed by atoms with van der Waals surface area (Å²) in [5.41, 5.74) is 1.33. The first-order valence-corrected chi connectivity index (χ1v) is 11.2. The fraction of sp³-hybridized carbons (Fsp3) is 0.320. The minimum Gasteiger partial charge on any atom is -0.454 e. The summed E-state index contributed by atoms with van der Waals surface area (Å²) in [7, 11) is 1.62. The third kappa shape index (κ3) is 3.77. The summed E-state index contributed by atoms with van der Waals surface area (Å²) in [6.07, 6.45) is 0.668. The number of rotatable bonds is 7. The van der Waals surface area contributed by atoms with E-state index in [0.717, 1.165) is 5.56 Å². The highest BCUT2D eigenvalue weighted by molar-refractivity contribution is 6.12. The maximum Gasteiger partial charge on any atom is 0.277 e. The molecule has 9 nitrogen and oxygen atoms in total. The Morgan fingerprint density at radius 1 is 1.15 bits per heavy atom. The van der Waals surface area contributed by atoms with Gasteiger partial charge in [-0.25, -0.2) is 0 Å². The van der Waals surface area contributed by atoms with Crippen LogP contribution in [0, 0.1) is 0 Å². The number of methoxy groups -OCH3 is 1. The summed E-state index contributed by atoms with van der Waals surface area (Å²) >= 11 is 0. The molecule has 1 N–H and O–H groups in total. The molecule has 5 rings (SSSR count). The third-order valence-corrected chi connectivity index (χ3v) is 6.14. The molecule has 0 radical (unpaired) electrons. The first kappa shape index (κ1) is 22.0. The van der Waals surface area contributed by atoms with Crippen molar-refractivity contribution in [2.45, 2.75) is 25.4 Å². The van der Waals surface area contributed by atoms with Crippen LogP contribution in [0.2, 0.25) is 0 Å². The molecule has 0 saturated heterocycles. The molecule has 2 amide bonds. The minimum atomic E-state index is -1.22. The third-order valence-electron chi connectivity index (χ3n) is 6.14. The highest BCUT2D eigenvalue weighted by Crippen LogP contribution is 2.40. The average molecular weight is 463 g/mol. The van der Waals surface area contributed by atoms with E-state index >= 15 is 0 Å². The average Bonchev–Trinajstić information content (AvgIpc) is 3.49. The van der Waals surface area contributed by atoms with E-state index in [9.17, 15) is 9.59 Å². The van der Waals surface area contributed by atoms with Gasteiger partial charge in [-0.2, -0.15) is 5.10 Å². The molecule has 34 heavy (non-hydrogen) atoms. The number of aromatic nitrogens is 2. The molecule has 9 heteroatoms. The van der Waals surface area contributed by atoms with E-state index in [1.54, 1.807) is 43.0 Å². The van der Waals surface area contributed by atoms with E-state index in [4.69, 9.17) is 14.2 Å². The van der Waals surface area contributed by atoms with Crippen LogP contribution in [0.3, 0.4) is 0 Å². The first-order valence-electron chi connectivity index (χ1n) is 11.2. The van der Waals surface area contributed by atoms with Crippen molar-refractivity contribution >= 4 is 17.5 Å². The van der Waals surface area contributed by atoms with Crippen molar-refractivity contribution in [3.63, 3.8) is 0 Å². The number of ether oxygens (including phenoxy) is 3. The van der Waals surface area contributed by atoms with E-state index in [1.807, 2.05) is 30.3 Å². The van der Waals surface area contributed by atoms with Gasteiger partial charge in [0.25, 0.3) is 5.91 Å². The lowest BCUT2D eigenvalue weighted by Crippen LogP contribution is -2.64. The first-order chi connectivity index (χ1) is 16.5. The standard InChI is InChI=1S/C25H26N4O5/c1-25(24(31)26-11-6-12-32-2)15-28-20(14-19(27-28)17-7-4-3-5-8-17)23(30)29(25)18-9-10-21-22(13-18)34-16-33-21/h3-5,7-10,13-14H,6,11-12,15-16H2,1-2H3,(H,26,31)/t25-/m1/s1. The number of carbonyl (C=O) groups is 2. The van der Waals surface area contributed by atoms with Crippen LogP contribution in [0.4, 0.5) is 5.69 Å². The van der Waals surface area contributed by atoms with E-state index < -0.39 is 5.54 Å². The second-order valence-electron chi connectivity index (χ2n) is 8.49. The molecule has 2 aliphatic rings. The number of fused-ring (bicyclic) bond motifs is 2. The van der Waals surface area contributed by atoms with Crippen molar-refractivity contribution < 1.29 is 23.8 Å². The predicted molar refractivity (Wildman–Crippen MR) is 125 cm³/mol. The van der Waals surface area contributed by atoms with Gasteiger partial charge in [-0.05, 0) is 31.5 Å². The van der Waals surface area contributed by atoms with Gasteiger partial charge < -0.3 is 19.5 Å². The Bertz CT molecular complexity index is 1230. The molecule has 0 saturated carbocycles. The highest BCUT2D eigenvalue weighted by atomic mass is 16.7. The summed E-state index contributed by atoms with van der Waals surface area (Å²) in [6, 6.07) is 16.7. The Hall–Kier alpha value is -3.85. The predicted octanol–water partition coefficient (Wildman–Crippen LogP) is 2.85. The van der Waals surface area contributed by atoms with E-state index in [1.165, 1.54) is 4.90 Å². The maximum absolute atomic E-state index is 13.9. The van der Waals surface area contributed by atoms with E-state index in [2.05, 4.69) is 10.4 Å². The SMILES string of the molecule is COCCCNC(=O)[C@@]1(C)Cn2nc(-c3ccccc3)cc2C(=O)N1c1ccc2c(c1)OCO2. The van der Waals surface area contributed by atoms with Gasteiger partial charge in [-0.3, -0.25) is 19.2 Å². The van der Waals surface area contributed by atoms with Gasteiger partial charge >= 0.3 is 0 Å². The maximum atomic E-state index is 13.9. The minimum absolute atomic E-state index is 0.122. The fourth-order valence-electron chi connectivity index (χ4n) is 4.37. The lowest BCUT2D eigenvalue weighted by Gasteiger charge is -2.43. The zero-order valence-corrected chi connectivity index (χ0v) is 19.1. The number of anilines is 1. The lowest BCUT2D eigenvalue weighted by atomic mass is 9.93. The molecular formula is C25H26N4O5. The Labute approximate surface area is 197 Å². The zero-order valence-electron chi connectivity index (χ0n) is 19.1. The summed E-state index contributed by atoms with van der Waals surface area (Å²) in [4.78, 5) is 28.9. The molecule has 3 heterocycles. The number of nitrogens with one attached hydrogen (secondary N) is 1. The normalized spacial score (nSPS) is 18.6. The van der Waals surface area contributed by atoms with Crippen LogP contribution in [0.1, 0.15) is 23.8 Å². The molecule has 2 aromatic carbocycles.